The fraction of sp³-hybridized carbons (Fsp3) is 0.182. The summed E-state index contributed by atoms with van der Waals surface area (Å²) in [5.74, 6) is 0.0911. The third-order valence-corrected chi connectivity index (χ3v) is 4.76. The van der Waals surface area contributed by atoms with E-state index in [-0.39, 0.29) is 18.3 Å². The van der Waals surface area contributed by atoms with Crippen LogP contribution in [0.2, 0.25) is 0 Å². The first-order valence-electron chi connectivity index (χ1n) is 9.13. The molecule has 7 heteroatoms. The van der Waals surface area contributed by atoms with Gasteiger partial charge in [-0.05, 0) is 29.8 Å². The summed E-state index contributed by atoms with van der Waals surface area (Å²) < 4.78 is 24.6. The van der Waals surface area contributed by atoms with Crippen LogP contribution in [0.4, 0.5) is 4.39 Å². The Hall–Kier alpha value is -3.45. The average Bonchev–Trinajstić information content (AvgIpc) is 3.13. The highest BCUT2D eigenvalue weighted by molar-refractivity contribution is 6.14. The first-order valence-corrected chi connectivity index (χ1v) is 9.13. The van der Waals surface area contributed by atoms with Crippen molar-refractivity contribution in [2.45, 2.75) is 13.2 Å². The summed E-state index contributed by atoms with van der Waals surface area (Å²) in [6, 6.07) is 11.9. The van der Waals surface area contributed by atoms with Crippen LogP contribution in [0.5, 0.6) is 5.75 Å². The third kappa shape index (κ3) is 3.52. The number of amides is 1. The van der Waals surface area contributed by atoms with Gasteiger partial charge in [0.15, 0.2) is 0 Å². The molecule has 1 amide bonds. The van der Waals surface area contributed by atoms with Crippen molar-refractivity contribution in [2.75, 3.05) is 14.2 Å². The van der Waals surface area contributed by atoms with Crippen molar-refractivity contribution >= 4 is 27.7 Å². The number of halogens is 1. The predicted octanol–water partition coefficient (Wildman–Crippen LogP) is 3.94. The Morgan fingerprint density at radius 2 is 1.90 bits per heavy atom. The highest BCUT2D eigenvalue weighted by Crippen LogP contribution is 2.36. The Bertz CT molecular complexity index is 1190. The topological polar surface area (TPSA) is 76.2 Å². The van der Waals surface area contributed by atoms with Gasteiger partial charge >= 0.3 is 0 Å². The lowest BCUT2D eigenvalue weighted by Crippen LogP contribution is -2.21. The molecule has 0 fully saturated rings. The molecule has 0 aliphatic carbocycles. The number of benzene rings is 2. The molecule has 0 unspecified atom stereocenters. The fourth-order valence-electron chi connectivity index (χ4n) is 3.43. The molecule has 2 N–H and O–H groups in total. The molecule has 0 aliphatic heterocycles. The van der Waals surface area contributed by atoms with Crippen LogP contribution in [-0.2, 0) is 18.0 Å². The first-order chi connectivity index (χ1) is 14.1. The number of H-pyrrole nitrogens is 1. The number of aromatic amines is 1. The van der Waals surface area contributed by atoms with Crippen molar-refractivity contribution in [3.63, 3.8) is 0 Å². The standard InChI is InChI=1S/C22H20FN3O3/c1-24-22(27)21-15(12-28-2)19-17(10-25-21)26-16-4-3-5-18(20(16)19)29-11-13-6-8-14(23)9-7-13/h3-10,26H,11-12H2,1-2H3,(H,24,27). The van der Waals surface area contributed by atoms with Crippen LogP contribution < -0.4 is 10.1 Å². The molecule has 0 aliphatic rings. The highest BCUT2D eigenvalue weighted by Gasteiger charge is 2.20. The molecule has 4 aromatic rings. The normalized spacial score (nSPS) is 11.1. The Labute approximate surface area is 166 Å². The molecular weight excluding hydrogens is 373 g/mol. The third-order valence-electron chi connectivity index (χ3n) is 4.76. The number of carbonyl (C=O) groups is 1. The smallest absolute Gasteiger partial charge is 0.270 e. The lowest BCUT2D eigenvalue weighted by Gasteiger charge is -2.11. The van der Waals surface area contributed by atoms with Crippen molar-refractivity contribution < 1.29 is 18.7 Å². The summed E-state index contributed by atoms with van der Waals surface area (Å²) in [5.41, 5.74) is 3.51. The average molecular weight is 393 g/mol. The Balaban J connectivity index is 1.85. The summed E-state index contributed by atoms with van der Waals surface area (Å²) >= 11 is 0. The summed E-state index contributed by atoms with van der Waals surface area (Å²) in [6.45, 7) is 0.519. The highest BCUT2D eigenvalue weighted by atomic mass is 19.1. The first kappa shape index (κ1) is 18.9. The minimum absolute atomic E-state index is 0.229. The molecule has 4 rings (SSSR count). The molecule has 148 valence electrons. The number of nitrogens with one attached hydrogen (secondary N) is 2. The van der Waals surface area contributed by atoms with Crippen LogP contribution in [0.3, 0.4) is 0 Å². The summed E-state index contributed by atoms with van der Waals surface area (Å²) in [4.78, 5) is 20.0. The lowest BCUT2D eigenvalue weighted by atomic mass is 10.0. The van der Waals surface area contributed by atoms with E-state index in [0.717, 1.165) is 27.4 Å². The number of carbonyl (C=O) groups excluding carboxylic acids is 1. The zero-order valence-corrected chi connectivity index (χ0v) is 16.1. The molecule has 0 spiro atoms. The number of fused-ring (bicyclic) bond motifs is 3. The zero-order valence-electron chi connectivity index (χ0n) is 16.1. The number of nitrogens with zero attached hydrogens (tertiary/aromatic N) is 1. The lowest BCUT2D eigenvalue weighted by molar-refractivity contribution is 0.0953. The number of ether oxygens (including phenoxy) is 2. The monoisotopic (exact) mass is 393 g/mol. The van der Waals surface area contributed by atoms with Crippen LogP contribution in [0.15, 0.2) is 48.7 Å². The van der Waals surface area contributed by atoms with Gasteiger partial charge in [-0.3, -0.25) is 4.79 Å². The summed E-state index contributed by atoms with van der Waals surface area (Å²) in [5, 5.41) is 4.31. The van der Waals surface area contributed by atoms with Crippen molar-refractivity contribution in [1.82, 2.24) is 15.3 Å². The van der Waals surface area contributed by atoms with E-state index in [0.29, 0.717) is 23.6 Å². The van der Waals surface area contributed by atoms with Gasteiger partial charge in [0.1, 0.15) is 23.9 Å². The van der Waals surface area contributed by atoms with Crippen molar-refractivity contribution in [3.8, 4) is 5.75 Å². The summed E-state index contributed by atoms with van der Waals surface area (Å²) in [7, 11) is 3.14. The van der Waals surface area contributed by atoms with Gasteiger partial charge in [-0.1, -0.05) is 18.2 Å². The minimum atomic E-state index is -0.286. The van der Waals surface area contributed by atoms with E-state index >= 15 is 0 Å². The molecule has 29 heavy (non-hydrogen) atoms. The number of aromatic nitrogens is 2. The van der Waals surface area contributed by atoms with Crippen LogP contribution >= 0.6 is 0 Å². The molecular formula is C22H20FN3O3. The maximum atomic E-state index is 13.1. The number of hydrogen-bond acceptors (Lipinski definition) is 4. The van der Waals surface area contributed by atoms with Gasteiger partial charge < -0.3 is 19.8 Å². The quantitative estimate of drug-likeness (QED) is 0.520. The molecule has 0 saturated carbocycles. The summed E-state index contributed by atoms with van der Waals surface area (Å²) in [6.07, 6.45) is 1.64. The maximum Gasteiger partial charge on any atom is 0.270 e. The second-order valence-corrected chi connectivity index (χ2v) is 6.61. The van der Waals surface area contributed by atoms with Gasteiger partial charge in [-0.15, -0.1) is 0 Å². The van der Waals surface area contributed by atoms with Gasteiger partial charge in [0.05, 0.1) is 23.8 Å². The Kier molecular flexibility index (Phi) is 5.14. The zero-order chi connectivity index (χ0) is 20.4. The SMILES string of the molecule is CNC(=O)c1ncc2[nH]c3cccc(OCc4ccc(F)cc4)c3c2c1COC. The molecule has 0 saturated heterocycles. The number of methoxy groups -OCH3 is 1. The molecule has 0 bridgehead atoms. The van der Waals surface area contributed by atoms with Crippen LogP contribution in [0.25, 0.3) is 21.8 Å². The van der Waals surface area contributed by atoms with E-state index in [1.807, 2.05) is 18.2 Å². The van der Waals surface area contributed by atoms with Gasteiger partial charge in [0.25, 0.3) is 5.91 Å². The Morgan fingerprint density at radius 1 is 1.10 bits per heavy atom. The molecule has 0 atom stereocenters. The fourth-order valence-corrected chi connectivity index (χ4v) is 3.43. The van der Waals surface area contributed by atoms with E-state index in [1.165, 1.54) is 12.1 Å². The minimum Gasteiger partial charge on any atom is -0.488 e. The van der Waals surface area contributed by atoms with Crippen LogP contribution in [0, 0.1) is 5.82 Å². The van der Waals surface area contributed by atoms with E-state index in [4.69, 9.17) is 9.47 Å². The van der Waals surface area contributed by atoms with Crippen molar-refractivity contribution in [1.29, 1.82) is 0 Å². The van der Waals surface area contributed by atoms with E-state index in [1.54, 1.807) is 32.5 Å². The van der Waals surface area contributed by atoms with Crippen LogP contribution in [0.1, 0.15) is 21.6 Å². The molecule has 2 aromatic heterocycles. The number of rotatable bonds is 6. The maximum absolute atomic E-state index is 13.1. The predicted molar refractivity (Wildman–Crippen MR) is 108 cm³/mol. The molecule has 6 nitrogen and oxygen atoms in total. The number of hydrogen-bond donors (Lipinski definition) is 2. The largest absolute Gasteiger partial charge is 0.488 e. The van der Waals surface area contributed by atoms with Gasteiger partial charge in [-0.2, -0.15) is 0 Å². The van der Waals surface area contributed by atoms with E-state index in [2.05, 4.69) is 15.3 Å². The van der Waals surface area contributed by atoms with Crippen LogP contribution in [-0.4, -0.2) is 30.0 Å². The van der Waals surface area contributed by atoms with Crippen molar-refractivity contribution in [2.24, 2.45) is 0 Å². The van der Waals surface area contributed by atoms with Crippen molar-refractivity contribution in [3.05, 3.63) is 71.3 Å². The molecule has 2 aromatic carbocycles. The second-order valence-electron chi connectivity index (χ2n) is 6.61. The molecule has 0 radical (unpaired) electrons. The molecule has 2 heterocycles. The van der Waals surface area contributed by atoms with Gasteiger partial charge in [0.2, 0.25) is 0 Å². The van der Waals surface area contributed by atoms with Gasteiger partial charge in [0, 0.05) is 30.5 Å². The van der Waals surface area contributed by atoms with E-state index in [9.17, 15) is 9.18 Å². The Morgan fingerprint density at radius 3 is 2.62 bits per heavy atom. The van der Waals surface area contributed by atoms with E-state index < -0.39 is 0 Å². The number of pyridine rings is 1. The van der Waals surface area contributed by atoms with Gasteiger partial charge in [-0.25, -0.2) is 9.37 Å². The second kappa shape index (κ2) is 7.89.